The summed E-state index contributed by atoms with van der Waals surface area (Å²) in [5.74, 6) is 3.10. The molecule has 0 saturated heterocycles. The molecule has 0 bridgehead atoms. The third-order valence-electron chi connectivity index (χ3n) is 2.49. The van der Waals surface area contributed by atoms with Crippen molar-refractivity contribution in [3.8, 4) is 23.8 Å². The molecule has 112 valence electrons. The zero-order valence-corrected chi connectivity index (χ0v) is 12.9. The summed E-state index contributed by atoms with van der Waals surface area (Å²) in [4.78, 5) is 11.4. The second kappa shape index (κ2) is 8.93. The summed E-state index contributed by atoms with van der Waals surface area (Å²) in [7, 11) is 1.54. The second-order valence-electron chi connectivity index (χ2n) is 4.14. The Morgan fingerprint density at radius 1 is 1.52 bits per heavy atom. The molecule has 0 saturated carbocycles. The van der Waals surface area contributed by atoms with Gasteiger partial charge in [-0.05, 0) is 30.2 Å². The van der Waals surface area contributed by atoms with E-state index in [2.05, 4.69) is 11.2 Å². The lowest BCUT2D eigenvalue weighted by Gasteiger charge is -2.12. The summed E-state index contributed by atoms with van der Waals surface area (Å²) in [5, 5.41) is 2.97. The molecule has 1 aromatic carbocycles. The highest BCUT2D eigenvalue weighted by Gasteiger charge is 2.11. The van der Waals surface area contributed by atoms with Crippen LogP contribution in [0.2, 0.25) is 5.02 Å². The number of carbonyl (C=O) groups excluding carboxylic acids is 1. The van der Waals surface area contributed by atoms with Crippen molar-refractivity contribution < 1.29 is 14.3 Å². The van der Waals surface area contributed by atoms with Gasteiger partial charge in [0.2, 0.25) is 5.91 Å². The van der Waals surface area contributed by atoms with Crippen LogP contribution in [0.15, 0.2) is 18.2 Å². The van der Waals surface area contributed by atoms with Gasteiger partial charge in [-0.1, -0.05) is 24.4 Å². The topological polar surface area (TPSA) is 47.6 Å². The van der Waals surface area contributed by atoms with Crippen LogP contribution in [0.1, 0.15) is 18.9 Å². The van der Waals surface area contributed by atoms with Crippen molar-refractivity contribution in [2.24, 2.45) is 0 Å². The average Bonchev–Trinajstić information content (AvgIpc) is 2.49. The number of rotatable bonds is 7. The number of amides is 1. The van der Waals surface area contributed by atoms with Gasteiger partial charge in [-0.2, -0.15) is 0 Å². The molecule has 0 aliphatic carbocycles. The molecular formula is C16H18ClNO3. The van der Waals surface area contributed by atoms with Crippen molar-refractivity contribution in [1.29, 1.82) is 0 Å². The number of nitrogens with one attached hydrogen (secondary N) is 1. The van der Waals surface area contributed by atoms with Crippen LogP contribution in [0, 0.1) is 12.3 Å². The predicted molar refractivity (Wildman–Crippen MR) is 84.7 cm³/mol. The number of benzene rings is 1. The Kier molecular flexibility index (Phi) is 7.20. The predicted octanol–water partition coefficient (Wildman–Crippen LogP) is 2.90. The van der Waals surface area contributed by atoms with Gasteiger partial charge in [0.15, 0.2) is 11.5 Å². The van der Waals surface area contributed by atoms with Gasteiger partial charge in [0.25, 0.3) is 0 Å². The Morgan fingerprint density at radius 2 is 2.29 bits per heavy atom. The lowest BCUT2D eigenvalue weighted by molar-refractivity contribution is -0.116. The molecule has 0 aromatic heterocycles. The quantitative estimate of drug-likeness (QED) is 0.622. The van der Waals surface area contributed by atoms with E-state index >= 15 is 0 Å². The first-order valence-corrected chi connectivity index (χ1v) is 6.89. The Labute approximate surface area is 130 Å². The summed E-state index contributed by atoms with van der Waals surface area (Å²) >= 11 is 6.18. The first-order valence-electron chi connectivity index (χ1n) is 6.52. The summed E-state index contributed by atoms with van der Waals surface area (Å²) in [6.07, 6.45) is 8.95. The molecule has 0 radical (unpaired) electrons. The molecule has 1 amide bonds. The molecule has 4 nitrogen and oxygen atoms in total. The molecule has 0 aliphatic rings. The first kappa shape index (κ1) is 16.9. The lowest BCUT2D eigenvalue weighted by Crippen LogP contribution is -2.20. The Morgan fingerprint density at radius 3 is 2.90 bits per heavy atom. The fraction of sp³-hybridized carbons (Fsp3) is 0.312. The zero-order chi connectivity index (χ0) is 15.7. The average molecular weight is 308 g/mol. The number of hydrogen-bond acceptors (Lipinski definition) is 3. The van der Waals surface area contributed by atoms with E-state index in [9.17, 15) is 4.79 Å². The lowest BCUT2D eigenvalue weighted by atomic mass is 10.2. The molecule has 1 rings (SSSR count). The molecule has 1 aromatic rings. The maximum atomic E-state index is 11.4. The van der Waals surface area contributed by atoms with E-state index in [1.807, 2.05) is 6.92 Å². The van der Waals surface area contributed by atoms with E-state index < -0.39 is 0 Å². The maximum Gasteiger partial charge on any atom is 0.244 e. The zero-order valence-electron chi connectivity index (χ0n) is 12.1. The van der Waals surface area contributed by atoms with E-state index in [4.69, 9.17) is 27.5 Å². The minimum Gasteiger partial charge on any atom is -0.493 e. The summed E-state index contributed by atoms with van der Waals surface area (Å²) in [6.45, 7) is 2.75. The number of carbonyl (C=O) groups is 1. The number of methoxy groups -OCH3 is 1. The minimum atomic E-state index is -0.269. The molecular weight excluding hydrogens is 290 g/mol. The molecule has 0 atom stereocenters. The Hall–Kier alpha value is -2.12. The number of hydrogen-bond donors (Lipinski definition) is 1. The number of halogens is 1. The minimum absolute atomic E-state index is 0.192. The van der Waals surface area contributed by atoms with Gasteiger partial charge in [0, 0.05) is 6.08 Å². The van der Waals surface area contributed by atoms with E-state index in [0.717, 1.165) is 12.0 Å². The highest BCUT2D eigenvalue weighted by molar-refractivity contribution is 6.32. The highest BCUT2D eigenvalue weighted by atomic mass is 35.5. The van der Waals surface area contributed by atoms with E-state index in [0.29, 0.717) is 23.1 Å². The third-order valence-corrected chi connectivity index (χ3v) is 2.77. The Bertz CT molecular complexity index is 561. The van der Waals surface area contributed by atoms with Crippen LogP contribution >= 0.6 is 11.6 Å². The molecule has 0 spiro atoms. The summed E-state index contributed by atoms with van der Waals surface area (Å²) < 4.78 is 10.8. The van der Waals surface area contributed by atoms with E-state index in [1.54, 1.807) is 18.2 Å². The molecule has 0 fully saturated rings. The van der Waals surface area contributed by atoms with Crippen molar-refractivity contribution in [1.82, 2.24) is 5.32 Å². The van der Waals surface area contributed by atoms with Crippen LogP contribution < -0.4 is 14.8 Å². The van der Waals surface area contributed by atoms with Gasteiger partial charge in [-0.25, -0.2) is 0 Å². The van der Waals surface area contributed by atoms with Crippen molar-refractivity contribution >= 4 is 23.6 Å². The van der Waals surface area contributed by atoms with Crippen molar-refractivity contribution in [3.63, 3.8) is 0 Å². The van der Waals surface area contributed by atoms with E-state index in [1.165, 1.54) is 13.2 Å². The number of ether oxygens (including phenoxy) is 2. The van der Waals surface area contributed by atoms with Crippen LogP contribution in [0.5, 0.6) is 11.5 Å². The van der Waals surface area contributed by atoms with Crippen molar-refractivity contribution in [3.05, 3.63) is 28.8 Å². The molecule has 1 N–H and O–H groups in total. The SMILES string of the molecule is C#CCNC(=O)C=Cc1cc(Cl)c(OCCC)c(OC)c1. The molecule has 0 unspecified atom stereocenters. The smallest absolute Gasteiger partial charge is 0.244 e. The van der Waals surface area contributed by atoms with E-state index in [-0.39, 0.29) is 12.5 Å². The Balaban J connectivity index is 2.90. The maximum absolute atomic E-state index is 11.4. The van der Waals surface area contributed by atoms with Gasteiger partial charge in [-0.15, -0.1) is 6.42 Å². The largest absolute Gasteiger partial charge is 0.493 e. The van der Waals surface area contributed by atoms with Crippen LogP contribution in [-0.2, 0) is 4.79 Å². The molecule has 5 heteroatoms. The summed E-state index contributed by atoms with van der Waals surface area (Å²) in [6, 6.07) is 3.46. The van der Waals surface area contributed by atoms with Gasteiger partial charge in [-0.3, -0.25) is 4.79 Å². The molecule has 0 aliphatic heterocycles. The van der Waals surface area contributed by atoms with Gasteiger partial charge >= 0.3 is 0 Å². The van der Waals surface area contributed by atoms with Crippen LogP contribution in [0.3, 0.4) is 0 Å². The fourth-order valence-electron chi connectivity index (χ4n) is 1.55. The molecule has 0 heterocycles. The van der Waals surface area contributed by atoms with Gasteiger partial charge < -0.3 is 14.8 Å². The van der Waals surface area contributed by atoms with Gasteiger partial charge in [0.1, 0.15) is 0 Å². The highest BCUT2D eigenvalue weighted by Crippen LogP contribution is 2.36. The third kappa shape index (κ3) is 5.41. The second-order valence-corrected chi connectivity index (χ2v) is 4.55. The van der Waals surface area contributed by atoms with Crippen LogP contribution in [-0.4, -0.2) is 26.2 Å². The van der Waals surface area contributed by atoms with Crippen molar-refractivity contribution in [2.75, 3.05) is 20.3 Å². The van der Waals surface area contributed by atoms with Crippen LogP contribution in [0.4, 0.5) is 0 Å². The normalized spacial score (nSPS) is 10.2. The number of terminal acetylenes is 1. The fourth-order valence-corrected chi connectivity index (χ4v) is 1.82. The van der Waals surface area contributed by atoms with Crippen LogP contribution in [0.25, 0.3) is 6.08 Å². The monoisotopic (exact) mass is 307 g/mol. The first-order chi connectivity index (χ1) is 10.1. The van der Waals surface area contributed by atoms with Crippen molar-refractivity contribution in [2.45, 2.75) is 13.3 Å². The standard InChI is InChI=1S/C16H18ClNO3/c1-4-8-18-15(19)7-6-12-10-13(17)16(21-9-5-2)14(11-12)20-3/h1,6-7,10-11H,5,8-9H2,2-3H3,(H,18,19). The summed E-state index contributed by atoms with van der Waals surface area (Å²) in [5.41, 5.74) is 0.733. The van der Waals surface area contributed by atoms with Gasteiger partial charge in [0.05, 0.1) is 25.3 Å². The molecule has 21 heavy (non-hydrogen) atoms.